The number of nitrogens with one attached hydrogen (secondary N) is 1. The van der Waals surface area contributed by atoms with Crippen molar-refractivity contribution in [1.29, 1.82) is 0 Å². The third-order valence-corrected chi connectivity index (χ3v) is 3.35. The maximum atomic E-state index is 9.66. The molecule has 15 heavy (non-hydrogen) atoms. The number of aromatic hydroxyl groups is 1. The van der Waals surface area contributed by atoms with Gasteiger partial charge in [0.25, 0.3) is 0 Å². The molecule has 0 heterocycles. The fourth-order valence-electron chi connectivity index (χ4n) is 1.81. The van der Waals surface area contributed by atoms with Crippen LogP contribution in [0.2, 0.25) is 5.02 Å². The van der Waals surface area contributed by atoms with Gasteiger partial charge in [-0.1, -0.05) is 30.2 Å². The summed E-state index contributed by atoms with van der Waals surface area (Å²) in [4.78, 5) is 0. The summed E-state index contributed by atoms with van der Waals surface area (Å²) in [7, 11) is 0. The Morgan fingerprint density at radius 3 is 2.87 bits per heavy atom. The van der Waals surface area contributed by atoms with Crippen molar-refractivity contribution in [2.45, 2.75) is 25.8 Å². The topological polar surface area (TPSA) is 32.3 Å². The minimum Gasteiger partial charge on any atom is -0.506 e. The van der Waals surface area contributed by atoms with Crippen LogP contribution in [0.4, 0.5) is 0 Å². The lowest BCUT2D eigenvalue weighted by Gasteiger charge is -2.25. The highest BCUT2D eigenvalue weighted by Gasteiger charge is 2.16. The molecular formula is C12H16ClNO. The van der Waals surface area contributed by atoms with Crippen molar-refractivity contribution >= 4 is 11.6 Å². The van der Waals surface area contributed by atoms with Gasteiger partial charge in [0, 0.05) is 12.1 Å². The fourth-order valence-corrected chi connectivity index (χ4v) is 2.00. The lowest BCUT2D eigenvalue weighted by molar-refractivity contribution is 0.300. The summed E-state index contributed by atoms with van der Waals surface area (Å²) in [6.07, 6.45) is 4.05. The predicted octanol–water partition coefficient (Wildman–Crippen LogP) is 2.94. The molecule has 0 aliphatic heterocycles. The maximum Gasteiger partial charge on any atom is 0.138 e. The SMILES string of the molecule is Oc1c(Cl)cccc1CNCC1CCC1. The number of halogens is 1. The van der Waals surface area contributed by atoms with Gasteiger partial charge in [-0.15, -0.1) is 0 Å². The van der Waals surface area contributed by atoms with Crippen molar-refractivity contribution in [3.63, 3.8) is 0 Å². The molecule has 3 heteroatoms. The zero-order valence-electron chi connectivity index (χ0n) is 8.67. The quantitative estimate of drug-likeness (QED) is 0.826. The second-order valence-electron chi connectivity index (χ2n) is 4.18. The Kier molecular flexibility index (Phi) is 3.49. The van der Waals surface area contributed by atoms with E-state index in [2.05, 4.69) is 5.32 Å². The van der Waals surface area contributed by atoms with Crippen LogP contribution in [0.1, 0.15) is 24.8 Å². The highest BCUT2D eigenvalue weighted by Crippen LogP contribution is 2.28. The van der Waals surface area contributed by atoms with Gasteiger partial charge in [-0.05, 0) is 31.4 Å². The number of phenols is 1. The molecule has 0 unspecified atom stereocenters. The van der Waals surface area contributed by atoms with Gasteiger partial charge in [0.05, 0.1) is 5.02 Å². The largest absolute Gasteiger partial charge is 0.506 e. The summed E-state index contributed by atoms with van der Waals surface area (Å²) >= 11 is 5.82. The van der Waals surface area contributed by atoms with Crippen LogP contribution in [-0.4, -0.2) is 11.7 Å². The van der Waals surface area contributed by atoms with E-state index in [0.29, 0.717) is 11.6 Å². The Morgan fingerprint density at radius 2 is 2.20 bits per heavy atom. The Hall–Kier alpha value is -0.730. The van der Waals surface area contributed by atoms with Crippen LogP contribution in [0.15, 0.2) is 18.2 Å². The van der Waals surface area contributed by atoms with Gasteiger partial charge >= 0.3 is 0 Å². The molecule has 0 bridgehead atoms. The molecule has 0 aromatic heterocycles. The molecule has 1 saturated carbocycles. The summed E-state index contributed by atoms with van der Waals surface area (Å²) in [5, 5.41) is 13.4. The fraction of sp³-hybridized carbons (Fsp3) is 0.500. The second-order valence-corrected chi connectivity index (χ2v) is 4.58. The van der Waals surface area contributed by atoms with Crippen molar-refractivity contribution < 1.29 is 5.11 Å². The van der Waals surface area contributed by atoms with E-state index in [0.717, 1.165) is 18.0 Å². The van der Waals surface area contributed by atoms with Gasteiger partial charge in [-0.25, -0.2) is 0 Å². The van der Waals surface area contributed by atoms with Gasteiger partial charge in [0.2, 0.25) is 0 Å². The smallest absolute Gasteiger partial charge is 0.138 e. The van der Waals surface area contributed by atoms with E-state index in [1.807, 2.05) is 12.1 Å². The maximum absolute atomic E-state index is 9.66. The summed E-state index contributed by atoms with van der Waals surface area (Å²) in [6, 6.07) is 5.46. The molecule has 1 aliphatic carbocycles. The van der Waals surface area contributed by atoms with Crippen molar-refractivity contribution in [1.82, 2.24) is 5.32 Å². The van der Waals surface area contributed by atoms with Gasteiger partial charge in [0.15, 0.2) is 0 Å². The molecule has 0 radical (unpaired) electrons. The minimum absolute atomic E-state index is 0.209. The summed E-state index contributed by atoms with van der Waals surface area (Å²) in [5.41, 5.74) is 0.877. The van der Waals surface area contributed by atoms with Gasteiger partial charge in [-0.2, -0.15) is 0 Å². The average molecular weight is 226 g/mol. The van der Waals surface area contributed by atoms with E-state index >= 15 is 0 Å². The molecule has 1 aliphatic rings. The van der Waals surface area contributed by atoms with Crippen molar-refractivity contribution in [2.24, 2.45) is 5.92 Å². The first kappa shape index (κ1) is 10.8. The molecule has 2 rings (SSSR count). The first-order valence-corrected chi connectivity index (χ1v) is 5.82. The van der Waals surface area contributed by atoms with Gasteiger partial charge < -0.3 is 10.4 Å². The van der Waals surface area contributed by atoms with Crippen LogP contribution >= 0.6 is 11.6 Å². The van der Waals surface area contributed by atoms with E-state index in [-0.39, 0.29) is 5.75 Å². The van der Waals surface area contributed by atoms with Crippen LogP contribution in [0, 0.1) is 5.92 Å². The second kappa shape index (κ2) is 4.86. The van der Waals surface area contributed by atoms with Crippen LogP contribution in [-0.2, 0) is 6.54 Å². The normalized spacial score (nSPS) is 16.3. The van der Waals surface area contributed by atoms with Gasteiger partial charge in [-0.3, -0.25) is 0 Å². The van der Waals surface area contributed by atoms with E-state index in [1.165, 1.54) is 19.3 Å². The van der Waals surface area contributed by atoms with Crippen molar-refractivity contribution in [3.8, 4) is 5.75 Å². The summed E-state index contributed by atoms with van der Waals surface area (Å²) in [5.74, 6) is 1.05. The predicted molar refractivity (Wildman–Crippen MR) is 62.2 cm³/mol. The van der Waals surface area contributed by atoms with Crippen LogP contribution in [0.25, 0.3) is 0 Å². The summed E-state index contributed by atoms with van der Waals surface area (Å²) < 4.78 is 0. The third kappa shape index (κ3) is 2.64. The zero-order chi connectivity index (χ0) is 10.7. The van der Waals surface area contributed by atoms with E-state index in [9.17, 15) is 5.11 Å². The first-order chi connectivity index (χ1) is 7.27. The monoisotopic (exact) mass is 225 g/mol. The van der Waals surface area contributed by atoms with Crippen molar-refractivity contribution in [3.05, 3.63) is 28.8 Å². The standard InChI is InChI=1S/C12H16ClNO/c13-11-6-2-5-10(12(11)15)8-14-7-9-3-1-4-9/h2,5-6,9,14-15H,1,3-4,7-8H2. The third-order valence-electron chi connectivity index (χ3n) is 3.04. The molecule has 0 spiro atoms. The number of rotatable bonds is 4. The lowest BCUT2D eigenvalue weighted by atomic mass is 9.85. The molecule has 1 aromatic carbocycles. The first-order valence-electron chi connectivity index (χ1n) is 5.44. The molecular weight excluding hydrogens is 210 g/mol. The molecule has 82 valence electrons. The number of hydrogen-bond acceptors (Lipinski definition) is 2. The minimum atomic E-state index is 0.209. The Bertz CT molecular complexity index is 336. The number of benzene rings is 1. The average Bonchev–Trinajstić information content (AvgIpc) is 2.16. The lowest BCUT2D eigenvalue weighted by Crippen LogP contribution is -2.26. The Morgan fingerprint density at radius 1 is 1.40 bits per heavy atom. The molecule has 2 N–H and O–H groups in total. The highest BCUT2D eigenvalue weighted by molar-refractivity contribution is 6.32. The van der Waals surface area contributed by atoms with Crippen LogP contribution < -0.4 is 5.32 Å². The number of phenolic OH excluding ortho intramolecular Hbond substituents is 1. The Labute approximate surface area is 95.3 Å². The molecule has 1 aromatic rings. The molecule has 2 nitrogen and oxygen atoms in total. The molecule has 0 saturated heterocycles. The molecule has 0 amide bonds. The van der Waals surface area contributed by atoms with E-state index in [4.69, 9.17) is 11.6 Å². The van der Waals surface area contributed by atoms with E-state index < -0.39 is 0 Å². The Balaban J connectivity index is 1.84. The van der Waals surface area contributed by atoms with Crippen LogP contribution in [0.3, 0.4) is 0 Å². The van der Waals surface area contributed by atoms with Crippen LogP contribution in [0.5, 0.6) is 5.75 Å². The molecule has 0 atom stereocenters. The van der Waals surface area contributed by atoms with Crippen molar-refractivity contribution in [2.75, 3.05) is 6.54 Å². The van der Waals surface area contributed by atoms with E-state index in [1.54, 1.807) is 6.07 Å². The number of hydrogen-bond donors (Lipinski definition) is 2. The summed E-state index contributed by atoms with van der Waals surface area (Å²) in [6.45, 7) is 1.74. The highest BCUT2D eigenvalue weighted by atomic mass is 35.5. The number of para-hydroxylation sites is 1. The molecule has 1 fully saturated rings. The zero-order valence-corrected chi connectivity index (χ0v) is 9.43. The van der Waals surface area contributed by atoms with Gasteiger partial charge in [0.1, 0.15) is 5.75 Å².